The maximum atomic E-state index is 14.0. The molecule has 5 nitrogen and oxygen atoms in total. The average Bonchev–Trinajstić information content (AvgIpc) is 3.14. The van der Waals surface area contributed by atoms with Crippen LogP contribution in [0.5, 0.6) is 0 Å². The van der Waals surface area contributed by atoms with Gasteiger partial charge in [0.15, 0.2) is 5.78 Å². The summed E-state index contributed by atoms with van der Waals surface area (Å²) in [5, 5.41) is 1.79. The number of Topliss-reactive ketones (excluding diaryl/α,β-unsaturated/α-hetero) is 1. The lowest BCUT2D eigenvalue weighted by molar-refractivity contribution is -0.154. The summed E-state index contributed by atoms with van der Waals surface area (Å²) in [7, 11) is 3.57. The van der Waals surface area contributed by atoms with Gasteiger partial charge in [-0.1, -0.05) is 55.3 Å². The van der Waals surface area contributed by atoms with Crippen LogP contribution in [0.4, 0.5) is 0 Å². The maximum Gasteiger partial charge on any atom is 0.310 e. The topological polar surface area (TPSA) is 51.5 Å². The Bertz CT molecular complexity index is 1230. The molecule has 0 radical (unpaired) electrons. The van der Waals surface area contributed by atoms with Gasteiger partial charge in [0.25, 0.3) is 0 Å². The summed E-state index contributed by atoms with van der Waals surface area (Å²) in [5.74, 6) is -0.0999. The van der Waals surface area contributed by atoms with Gasteiger partial charge in [-0.25, -0.2) is 0 Å². The molecule has 3 aromatic rings. The van der Waals surface area contributed by atoms with Crippen LogP contribution >= 0.6 is 11.6 Å². The van der Waals surface area contributed by atoms with Gasteiger partial charge in [0.05, 0.1) is 18.7 Å². The Morgan fingerprint density at radius 2 is 1.85 bits per heavy atom. The van der Waals surface area contributed by atoms with Crippen molar-refractivity contribution in [3.63, 3.8) is 0 Å². The van der Waals surface area contributed by atoms with Gasteiger partial charge in [0.1, 0.15) is 0 Å². The number of likely N-dealkylation sites (N-methyl/N-ethyl adjacent to an activating group) is 1. The van der Waals surface area contributed by atoms with E-state index in [-0.39, 0.29) is 35.5 Å². The van der Waals surface area contributed by atoms with E-state index in [9.17, 15) is 9.59 Å². The zero-order valence-electron chi connectivity index (χ0n) is 20.0. The first-order chi connectivity index (χ1) is 16.4. The van der Waals surface area contributed by atoms with E-state index in [1.54, 1.807) is 0 Å². The summed E-state index contributed by atoms with van der Waals surface area (Å²) >= 11 is 6.11. The van der Waals surface area contributed by atoms with E-state index < -0.39 is 0 Å². The SMILES string of the molecule is CC[C@@H]1CN(C)[C@H]2Cc3c(n(Cc4ccc(Cl)cc4)c4ccccc34)C(=O)C[C@H]1C2C(=O)OC. The fourth-order valence-corrected chi connectivity index (χ4v) is 6.45. The van der Waals surface area contributed by atoms with Crippen LogP contribution in [0.3, 0.4) is 0 Å². The molecule has 2 aliphatic rings. The third-order valence-corrected chi connectivity index (χ3v) is 8.25. The summed E-state index contributed by atoms with van der Waals surface area (Å²) in [6.45, 7) is 3.65. The molecule has 1 aliphatic carbocycles. The highest BCUT2D eigenvalue weighted by molar-refractivity contribution is 6.30. The minimum atomic E-state index is -0.302. The number of aromatic nitrogens is 1. The van der Waals surface area contributed by atoms with Gasteiger partial charge in [-0.15, -0.1) is 0 Å². The van der Waals surface area contributed by atoms with Crippen molar-refractivity contribution in [2.24, 2.45) is 17.8 Å². The summed E-state index contributed by atoms with van der Waals surface area (Å²) in [4.78, 5) is 29.3. The third kappa shape index (κ3) is 3.85. The zero-order chi connectivity index (χ0) is 24.0. The number of esters is 1. The number of methoxy groups -OCH3 is 1. The van der Waals surface area contributed by atoms with Crippen LogP contribution in [0.25, 0.3) is 10.9 Å². The van der Waals surface area contributed by atoms with Crippen LogP contribution in [0.15, 0.2) is 48.5 Å². The van der Waals surface area contributed by atoms with Crippen LogP contribution in [0.2, 0.25) is 5.02 Å². The maximum absolute atomic E-state index is 14.0. The van der Waals surface area contributed by atoms with Gasteiger partial charge < -0.3 is 14.2 Å². The van der Waals surface area contributed by atoms with Crippen LogP contribution in [-0.2, 0) is 22.5 Å². The molecule has 1 aromatic heterocycles. The van der Waals surface area contributed by atoms with Gasteiger partial charge in [-0.2, -0.15) is 0 Å². The molecule has 0 N–H and O–H groups in total. The molecule has 1 aliphatic heterocycles. The number of ether oxygens (including phenoxy) is 1. The number of carbonyl (C=O) groups is 2. The molecule has 1 saturated heterocycles. The van der Waals surface area contributed by atoms with E-state index in [4.69, 9.17) is 16.3 Å². The molecule has 4 atom stereocenters. The number of fused-ring (bicyclic) bond motifs is 5. The lowest BCUT2D eigenvalue weighted by atomic mass is 9.67. The molecule has 0 amide bonds. The molecule has 178 valence electrons. The highest BCUT2D eigenvalue weighted by Gasteiger charge is 2.49. The number of benzene rings is 2. The standard InChI is InChI=1S/C28H31ClN2O3/c1-4-18-16-30(2)24-13-22-20-7-5-6-8-23(20)31(15-17-9-11-19(29)12-10-17)27(22)25(32)14-21(18)26(24)28(33)34-3/h5-12,18,21,24,26H,4,13-16H2,1-3H3/t18-,21-,24+,26?/m1/s1. The van der Waals surface area contributed by atoms with Crippen molar-refractivity contribution in [2.45, 2.75) is 38.8 Å². The third-order valence-electron chi connectivity index (χ3n) is 8.00. The molecular weight excluding hydrogens is 448 g/mol. The van der Waals surface area contributed by atoms with Crippen molar-refractivity contribution < 1.29 is 14.3 Å². The lowest BCUT2D eigenvalue weighted by Gasteiger charge is -2.48. The molecule has 0 saturated carbocycles. The molecule has 34 heavy (non-hydrogen) atoms. The molecule has 2 aromatic carbocycles. The van der Waals surface area contributed by atoms with Crippen molar-refractivity contribution in [3.8, 4) is 0 Å². The largest absolute Gasteiger partial charge is 0.469 e. The van der Waals surface area contributed by atoms with E-state index in [0.717, 1.165) is 40.7 Å². The number of para-hydroxylation sites is 1. The van der Waals surface area contributed by atoms with E-state index in [2.05, 4.69) is 35.6 Å². The first-order valence-electron chi connectivity index (χ1n) is 12.1. The van der Waals surface area contributed by atoms with E-state index in [1.165, 1.54) is 7.11 Å². The number of likely N-dealkylation sites (tertiary alicyclic amines) is 1. The molecule has 2 heterocycles. The van der Waals surface area contributed by atoms with Crippen molar-refractivity contribution in [1.82, 2.24) is 9.47 Å². The highest BCUT2D eigenvalue weighted by atomic mass is 35.5. The van der Waals surface area contributed by atoms with Crippen molar-refractivity contribution >= 4 is 34.3 Å². The number of hydrogen-bond acceptors (Lipinski definition) is 4. The number of hydrogen-bond donors (Lipinski definition) is 0. The predicted molar refractivity (Wildman–Crippen MR) is 134 cm³/mol. The summed E-state index contributed by atoms with van der Waals surface area (Å²) in [5.41, 5.74) is 3.99. The van der Waals surface area contributed by atoms with Gasteiger partial charge in [0.2, 0.25) is 0 Å². The van der Waals surface area contributed by atoms with E-state index in [1.807, 2.05) is 36.4 Å². The Morgan fingerprint density at radius 3 is 2.56 bits per heavy atom. The number of carbonyl (C=O) groups excluding carboxylic acids is 2. The number of rotatable bonds is 4. The Morgan fingerprint density at radius 1 is 1.12 bits per heavy atom. The second-order valence-corrected chi connectivity index (χ2v) is 10.2. The number of ketones is 1. The number of nitrogens with zero attached hydrogens (tertiary/aromatic N) is 2. The van der Waals surface area contributed by atoms with Crippen LogP contribution in [0.1, 0.15) is 41.4 Å². The molecule has 5 rings (SSSR count). The molecule has 0 spiro atoms. The molecule has 6 heteroatoms. The second kappa shape index (κ2) is 9.20. The molecule has 1 unspecified atom stereocenters. The normalized spacial score (nSPS) is 25.0. The Hall–Kier alpha value is -2.63. The zero-order valence-corrected chi connectivity index (χ0v) is 20.7. The summed E-state index contributed by atoms with van der Waals surface area (Å²) < 4.78 is 7.45. The van der Waals surface area contributed by atoms with Gasteiger partial charge in [-0.3, -0.25) is 9.59 Å². The fourth-order valence-electron chi connectivity index (χ4n) is 6.33. The van der Waals surface area contributed by atoms with Crippen molar-refractivity contribution in [2.75, 3.05) is 20.7 Å². The second-order valence-electron chi connectivity index (χ2n) is 9.78. The molecule has 1 fully saturated rings. The minimum Gasteiger partial charge on any atom is -0.469 e. The smallest absolute Gasteiger partial charge is 0.310 e. The minimum absolute atomic E-state index is 0.00175. The summed E-state index contributed by atoms with van der Waals surface area (Å²) in [6, 6.07) is 16.0. The van der Waals surface area contributed by atoms with Crippen LogP contribution in [0, 0.1) is 17.8 Å². The van der Waals surface area contributed by atoms with Crippen LogP contribution < -0.4 is 0 Å². The van der Waals surface area contributed by atoms with Gasteiger partial charge in [0, 0.05) is 41.5 Å². The Balaban J connectivity index is 1.69. The lowest BCUT2D eigenvalue weighted by Crippen LogP contribution is -2.56. The van der Waals surface area contributed by atoms with E-state index >= 15 is 0 Å². The van der Waals surface area contributed by atoms with Gasteiger partial charge >= 0.3 is 5.97 Å². The van der Waals surface area contributed by atoms with Gasteiger partial charge in [-0.05, 0) is 54.6 Å². The highest BCUT2D eigenvalue weighted by Crippen LogP contribution is 2.43. The number of piperidine rings is 1. The average molecular weight is 479 g/mol. The quantitative estimate of drug-likeness (QED) is 0.482. The Kier molecular flexibility index (Phi) is 6.26. The predicted octanol–water partition coefficient (Wildman–Crippen LogP) is 5.22. The van der Waals surface area contributed by atoms with E-state index in [0.29, 0.717) is 24.4 Å². The first kappa shape index (κ1) is 23.1. The Labute approximate surface area is 205 Å². The fraction of sp³-hybridized carbons (Fsp3) is 0.429. The molecule has 2 bridgehead atoms. The number of halogens is 1. The van der Waals surface area contributed by atoms with Crippen LogP contribution in [-0.4, -0.2) is 48.0 Å². The summed E-state index contributed by atoms with van der Waals surface area (Å²) in [6.07, 6.45) is 1.95. The van der Waals surface area contributed by atoms with Crippen molar-refractivity contribution in [1.29, 1.82) is 0 Å². The monoisotopic (exact) mass is 478 g/mol. The van der Waals surface area contributed by atoms with Crippen molar-refractivity contribution in [3.05, 3.63) is 70.4 Å². The first-order valence-corrected chi connectivity index (χ1v) is 12.5. The molecular formula is C28H31ClN2O3.